The van der Waals surface area contributed by atoms with Gasteiger partial charge in [-0.15, -0.1) is 0 Å². The van der Waals surface area contributed by atoms with Crippen LogP contribution in [0.2, 0.25) is 0 Å². The third-order valence-corrected chi connectivity index (χ3v) is 6.69. The first-order chi connectivity index (χ1) is 15.0. The van der Waals surface area contributed by atoms with Gasteiger partial charge in [-0.25, -0.2) is 9.97 Å². The molecule has 5 rings (SSSR count). The average Bonchev–Trinajstić information content (AvgIpc) is 3.12. The van der Waals surface area contributed by atoms with E-state index in [1.54, 1.807) is 7.11 Å². The largest absolute Gasteiger partial charge is 0.497 e. The van der Waals surface area contributed by atoms with Crippen LogP contribution in [0, 0.1) is 13.8 Å². The van der Waals surface area contributed by atoms with Gasteiger partial charge in [-0.1, -0.05) is 6.42 Å². The molecule has 0 bridgehead atoms. The van der Waals surface area contributed by atoms with E-state index >= 15 is 0 Å². The average molecular weight is 415 g/mol. The number of rotatable bonds is 4. The molecular weight excluding hydrogens is 384 g/mol. The summed E-state index contributed by atoms with van der Waals surface area (Å²) < 4.78 is 7.61. The van der Waals surface area contributed by atoms with E-state index in [1.165, 1.54) is 30.5 Å². The smallest absolute Gasteiger partial charge is 0.146 e. The lowest BCUT2D eigenvalue weighted by Gasteiger charge is -2.33. The van der Waals surface area contributed by atoms with Crippen LogP contribution in [0.25, 0.3) is 27.9 Å². The van der Waals surface area contributed by atoms with E-state index in [0.29, 0.717) is 6.04 Å². The van der Waals surface area contributed by atoms with E-state index in [0.717, 1.165) is 52.5 Å². The second-order valence-electron chi connectivity index (χ2n) is 8.78. The highest BCUT2D eigenvalue weighted by Gasteiger charge is 2.22. The Morgan fingerprint density at radius 2 is 1.81 bits per heavy atom. The van der Waals surface area contributed by atoms with E-state index in [-0.39, 0.29) is 0 Å². The summed E-state index contributed by atoms with van der Waals surface area (Å²) in [5, 5.41) is 1.15. The lowest BCUT2D eigenvalue weighted by atomic mass is 10.0. The first-order valence-electron chi connectivity index (χ1n) is 11.2. The summed E-state index contributed by atoms with van der Waals surface area (Å²) in [6.45, 7) is 8.70. The van der Waals surface area contributed by atoms with Crippen molar-refractivity contribution >= 4 is 16.7 Å². The predicted octanol–water partition coefficient (Wildman–Crippen LogP) is 5.55. The Balaban J connectivity index is 1.67. The van der Waals surface area contributed by atoms with Crippen molar-refractivity contribution in [1.82, 2.24) is 19.3 Å². The van der Waals surface area contributed by atoms with Crippen LogP contribution < -0.4 is 4.74 Å². The molecule has 1 aliphatic heterocycles. The minimum atomic E-state index is 0.609. The van der Waals surface area contributed by atoms with Crippen LogP contribution in [0.4, 0.5) is 0 Å². The molecule has 160 valence electrons. The summed E-state index contributed by atoms with van der Waals surface area (Å²) >= 11 is 0. The third kappa shape index (κ3) is 3.57. The van der Waals surface area contributed by atoms with Crippen LogP contribution in [-0.4, -0.2) is 39.0 Å². The number of piperidine rings is 1. The van der Waals surface area contributed by atoms with E-state index in [2.05, 4.69) is 60.4 Å². The van der Waals surface area contributed by atoms with Crippen molar-refractivity contribution < 1.29 is 4.74 Å². The summed E-state index contributed by atoms with van der Waals surface area (Å²) in [5.41, 5.74) is 7.59. The predicted molar refractivity (Wildman–Crippen MR) is 126 cm³/mol. The third-order valence-electron chi connectivity index (χ3n) is 6.69. The minimum absolute atomic E-state index is 0.609. The van der Waals surface area contributed by atoms with Crippen molar-refractivity contribution in [3.63, 3.8) is 0 Å². The quantitative estimate of drug-likeness (QED) is 0.439. The fourth-order valence-electron chi connectivity index (χ4n) is 4.80. The Morgan fingerprint density at radius 1 is 1.00 bits per heavy atom. The zero-order valence-electron chi connectivity index (χ0n) is 18.9. The number of nitrogens with zero attached hydrogens (tertiary/aromatic N) is 4. The standard InChI is InChI=1S/C26H30N4O/c1-17-15-21-10-13-23(20-8-11-22(31-4)12-9-20)28-26(21)30-24(19(3)27-25(17)30)16-29-14-6-5-7-18(29)2/h8-13,15,18H,5-7,14,16H2,1-4H3. The molecule has 0 N–H and O–H groups in total. The van der Waals surface area contributed by atoms with Gasteiger partial charge in [-0.3, -0.25) is 9.30 Å². The summed E-state index contributed by atoms with van der Waals surface area (Å²) in [5.74, 6) is 0.853. The van der Waals surface area contributed by atoms with Crippen LogP contribution in [0.1, 0.15) is 43.1 Å². The van der Waals surface area contributed by atoms with E-state index in [1.807, 2.05) is 12.1 Å². The van der Waals surface area contributed by atoms with Crippen molar-refractivity contribution in [3.8, 4) is 17.0 Å². The van der Waals surface area contributed by atoms with Gasteiger partial charge in [0, 0.05) is 23.5 Å². The van der Waals surface area contributed by atoms with Gasteiger partial charge in [0.15, 0.2) is 0 Å². The SMILES string of the molecule is COc1ccc(-c2ccc3cc(C)c4nc(C)c(CN5CCCCC5C)n4c3n2)cc1. The van der Waals surface area contributed by atoms with Crippen LogP contribution in [0.5, 0.6) is 5.75 Å². The minimum Gasteiger partial charge on any atom is -0.497 e. The molecule has 0 saturated carbocycles. The first-order valence-corrected chi connectivity index (χ1v) is 11.2. The van der Waals surface area contributed by atoms with Gasteiger partial charge in [-0.2, -0.15) is 0 Å². The second kappa shape index (κ2) is 7.97. The molecule has 4 heterocycles. The number of fused-ring (bicyclic) bond motifs is 3. The summed E-state index contributed by atoms with van der Waals surface area (Å²) in [4.78, 5) is 12.7. The maximum absolute atomic E-state index is 5.31. The maximum Gasteiger partial charge on any atom is 0.146 e. The Morgan fingerprint density at radius 3 is 2.55 bits per heavy atom. The molecule has 4 aromatic rings. The van der Waals surface area contributed by atoms with Crippen LogP contribution in [0.15, 0.2) is 42.5 Å². The topological polar surface area (TPSA) is 42.7 Å². The van der Waals surface area contributed by atoms with E-state index in [4.69, 9.17) is 14.7 Å². The molecule has 31 heavy (non-hydrogen) atoms. The molecule has 1 fully saturated rings. The Kier molecular flexibility index (Phi) is 5.14. The number of aryl methyl sites for hydroxylation is 2. The van der Waals surface area contributed by atoms with Gasteiger partial charge in [0.2, 0.25) is 0 Å². The van der Waals surface area contributed by atoms with E-state index < -0.39 is 0 Å². The summed E-state index contributed by atoms with van der Waals surface area (Å²) in [6.07, 6.45) is 3.88. The zero-order chi connectivity index (χ0) is 21.5. The van der Waals surface area contributed by atoms with Gasteiger partial charge in [0.1, 0.15) is 17.0 Å². The van der Waals surface area contributed by atoms with E-state index in [9.17, 15) is 0 Å². The zero-order valence-corrected chi connectivity index (χ0v) is 18.9. The first kappa shape index (κ1) is 20.0. The molecule has 1 atom stereocenters. The Bertz CT molecular complexity index is 1240. The van der Waals surface area contributed by atoms with Crippen molar-refractivity contribution in [2.24, 2.45) is 0 Å². The van der Waals surface area contributed by atoms with Crippen molar-refractivity contribution in [2.75, 3.05) is 13.7 Å². The number of aromatic nitrogens is 3. The van der Waals surface area contributed by atoms with Gasteiger partial charge < -0.3 is 4.74 Å². The monoisotopic (exact) mass is 414 g/mol. The molecule has 3 aromatic heterocycles. The van der Waals surface area contributed by atoms with Gasteiger partial charge in [0.25, 0.3) is 0 Å². The summed E-state index contributed by atoms with van der Waals surface area (Å²) in [7, 11) is 1.69. The summed E-state index contributed by atoms with van der Waals surface area (Å²) in [6, 6.07) is 15.2. The molecule has 0 aliphatic carbocycles. The lowest BCUT2D eigenvalue weighted by Crippen LogP contribution is -2.37. The highest BCUT2D eigenvalue weighted by Crippen LogP contribution is 2.28. The highest BCUT2D eigenvalue weighted by molar-refractivity contribution is 5.83. The number of likely N-dealkylation sites (tertiary alicyclic amines) is 1. The number of pyridine rings is 2. The van der Waals surface area contributed by atoms with Crippen LogP contribution >= 0.6 is 0 Å². The molecule has 5 heteroatoms. The molecule has 5 nitrogen and oxygen atoms in total. The Labute approximate surface area is 183 Å². The lowest BCUT2D eigenvalue weighted by molar-refractivity contribution is 0.150. The molecule has 1 aliphatic rings. The molecule has 1 unspecified atom stereocenters. The fraction of sp³-hybridized carbons (Fsp3) is 0.385. The number of imidazole rings is 1. The molecule has 0 spiro atoms. The number of methoxy groups -OCH3 is 1. The number of ether oxygens (including phenoxy) is 1. The van der Waals surface area contributed by atoms with Gasteiger partial charge in [-0.05, 0) is 88.2 Å². The molecule has 1 saturated heterocycles. The van der Waals surface area contributed by atoms with Crippen molar-refractivity contribution in [3.05, 3.63) is 59.4 Å². The molecule has 0 amide bonds. The maximum atomic E-state index is 5.31. The molecular formula is C26H30N4O. The fourth-order valence-corrected chi connectivity index (χ4v) is 4.80. The van der Waals surface area contributed by atoms with Crippen LogP contribution in [-0.2, 0) is 6.54 Å². The highest BCUT2D eigenvalue weighted by atomic mass is 16.5. The van der Waals surface area contributed by atoms with Crippen LogP contribution in [0.3, 0.4) is 0 Å². The second-order valence-corrected chi connectivity index (χ2v) is 8.78. The van der Waals surface area contributed by atoms with Crippen molar-refractivity contribution in [1.29, 1.82) is 0 Å². The number of hydrogen-bond acceptors (Lipinski definition) is 4. The normalized spacial score (nSPS) is 17.5. The molecule has 1 aromatic carbocycles. The van der Waals surface area contributed by atoms with Gasteiger partial charge in [0.05, 0.1) is 24.2 Å². The number of hydrogen-bond donors (Lipinski definition) is 0. The number of benzene rings is 1. The Hall–Kier alpha value is -2.92. The molecule has 0 radical (unpaired) electrons. The van der Waals surface area contributed by atoms with Crippen molar-refractivity contribution in [2.45, 2.75) is 52.6 Å². The van der Waals surface area contributed by atoms with Gasteiger partial charge >= 0.3 is 0 Å².